The quantitative estimate of drug-likeness (QED) is 0.816. The van der Waals surface area contributed by atoms with Crippen molar-refractivity contribution >= 4 is 21.7 Å². The normalized spacial score (nSPS) is 21.3. The van der Waals surface area contributed by atoms with Crippen molar-refractivity contribution in [1.82, 2.24) is 10.3 Å². The Bertz CT molecular complexity index is 347. The van der Waals surface area contributed by atoms with Gasteiger partial charge in [-0.2, -0.15) is 0 Å². The molecule has 0 aliphatic carbocycles. The Morgan fingerprint density at radius 3 is 3.07 bits per heavy atom. The van der Waals surface area contributed by atoms with Gasteiger partial charge in [-0.05, 0) is 28.1 Å². The first-order chi connectivity index (χ1) is 7.27. The Kier molecular flexibility index (Phi) is 3.45. The number of ketones is 1. The molecule has 4 nitrogen and oxygen atoms in total. The zero-order valence-corrected chi connectivity index (χ0v) is 9.66. The second-order valence-electron chi connectivity index (χ2n) is 3.29. The van der Waals surface area contributed by atoms with E-state index in [0.717, 1.165) is 11.0 Å². The van der Waals surface area contributed by atoms with Gasteiger partial charge >= 0.3 is 0 Å². The number of rotatable bonds is 2. The second kappa shape index (κ2) is 4.83. The van der Waals surface area contributed by atoms with Gasteiger partial charge in [0.15, 0.2) is 0 Å². The van der Waals surface area contributed by atoms with Crippen LogP contribution in [0.2, 0.25) is 0 Å². The van der Waals surface area contributed by atoms with E-state index in [0.29, 0.717) is 18.8 Å². The number of hydrogen-bond acceptors (Lipinski definition) is 4. The van der Waals surface area contributed by atoms with Crippen LogP contribution in [0.25, 0.3) is 0 Å². The van der Waals surface area contributed by atoms with Gasteiger partial charge in [0.1, 0.15) is 11.8 Å². The van der Waals surface area contributed by atoms with Crippen LogP contribution in [0.4, 0.5) is 0 Å². The highest BCUT2D eigenvalue weighted by atomic mass is 79.9. The highest BCUT2D eigenvalue weighted by Gasteiger charge is 2.23. The van der Waals surface area contributed by atoms with Gasteiger partial charge < -0.3 is 10.1 Å². The van der Waals surface area contributed by atoms with Crippen LogP contribution < -0.4 is 5.32 Å². The van der Waals surface area contributed by atoms with E-state index >= 15 is 0 Å². The maximum absolute atomic E-state index is 11.9. The van der Waals surface area contributed by atoms with E-state index < -0.39 is 6.10 Å². The molecule has 15 heavy (non-hydrogen) atoms. The van der Waals surface area contributed by atoms with Gasteiger partial charge in [-0.15, -0.1) is 0 Å². The zero-order valence-electron chi connectivity index (χ0n) is 8.07. The molecule has 0 bridgehead atoms. The van der Waals surface area contributed by atoms with Crippen LogP contribution in [0, 0.1) is 0 Å². The Hall–Kier alpha value is -0.780. The number of carbonyl (C=O) groups excluding carboxylic acids is 1. The topological polar surface area (TPSA) is 51.2 Å². The average molecular weight is 271 g/mol. The summed E-state index contributed by atoms with van der Waals surface area (Å²) in [4.78, 5) is 15.9. The van der Waals surface area contributed by atoms with Crippen LogP contribution in [0.15, 0.2) is 22.8 Å². The third kappa shape index (κ3) is 2.62. The minimum Gasteiger partial charge on any atom is -0.367 e. The summed E-state index contributed by atoms with van der Waals surface area (Å²) < 4.78 is 6.22. The van der Waals surface area contributed by atoms with E-state index in [-0.39, 0.29) is 5.78 Å². The SMILES string of the molecule is O=C(c1ccc(Br)cn1)C1CNCCO1. The molecule has 0 aromatic carbocycles. The van der Waals surface area contributed by atoms with Crippen LogP contribution >= 0.6 is 15.9 Å². The molecule has 1 atom stereocenters. The van der Waals surface area contributed by atoms with Crippen molar-refractivity contribution in [2.75, 3.05) is 19.7 Å². The zero-order chi connectivity index (χ0) is 10.7. The molecule has 0 amide bonds. The number of nitrogens with one attached hydrogen (secondary N) is 1. The summed E-state index contributed by atoms with van der Waals surface area (Å²) in [5.74, 6) is -0.0605. The number of Topliss-reactive ketones (excluding diaryl/α,β-unsaturated/α-hetero) is 1. The molecule has 0 spiro atoms. The van der Waals surface area contributed by atoms with Crippen LogP contribution in [-0.2, 0) is 4.74 Å². The standard InChI is InChI=1S/C10H11BrN2O2/c11-7-1-2-8(13-5-7)10(14)9-6-12-3-4-15-9/h1-2,5,9,12H,3-4,6H2. The van der Waals surface area contributed by atoms with Crippen LogP contribution in [0.3, 0.4) is 0 Å². The maximum Gasteiger partial charge on any atom is 0.211 e. The lowest BCUT2D eigenvalue weighted by Crippen LogP contribution is -2.43. The number of ether oxygens (including phenoxy) is 1. The summed E-state index contributed by atoms with van der Waals surface area (Å²) in [5, 5.41) is 3.11. The van der Waals surface area contributed by atoms with E-state index in [9.17, 15) is 4.79 Å². The second-order valence-corrected chi connectivity index (χ2v) is 4.21. The van der Waals surface area contributed by atoms with E-state index in [2.05, 4.69) is 26.2 Å². The molecular formula is C10H11BrN2O2. The predicted molar refractivity (Wildman–Crippen MR) is 58.9 cm³/mol. The third-order valence-corrected chi connectivity index (χ3v) is 2.67. The molecule has 1 aromatic heterocycles. The molecule has 1 aromatic rings. The van der Waals surface area contributed by atoms with Crippen molar-refractivity contribution in [2.24, 2.45) is 0 Å². The molecule has 0 radical (unpaired) electrons. The van der Waals surface area contributed by atoms with Gasteiger partial charge in [-0.25, -0.2) is 0 Å². The first-order valence-corrected chi connectivity index (χ1v) is 5.55. The van der Waals surface area contributed by atoms with Gasteiger partial charge in [0.2, 0.25) is 5.78 Å². The fourth-order valence-electron chi connectivity index (χ4n) is 1.42. The van der Waals surface area contributed by atoms with E-state index in [1.54, 1.807) is 18.3 Å². The van der Waals surface area contributed by atoms with E-state index in [4.69, 9.17) is 4.74 Å². The summed E-state index contributed by atoms with van der Waals surface area (Å²) in [6, 6.07) is 3.50. The molecule has 80 valence electrons. The number of pyridine rings is 1. The van der Waals surface area contributed by atoms with E-state index in [1.807, 2.05) is 0 Å². The molecule has 1 aliphatic rings. The molecule has 2 rings (SSSR count). The van der Waals surface area contributed by atoms with Gasteiger partial charge in [0.25, 0.3) is 0 Å². The van der Waals surface area contributed by atoms with Gasteiger partial charge in [-0.1, -0.05) is 0 Å². The van der Waals surface area contributed by atoms with Crippen molar-refractivity contribution in [2.45, 2.75) is 6.10 Å². The molecule has 0 saturated carbocycles. The summed E-state index contributed by atoms with van der Waals surface area (Å²) >= 11 is 3.27. The Balaban J connectivity index is 2.09. The molecule has 1 fully saturated rings. The third-order valence-electron chi connectivity index (χ3n) is 2.20. The lowest BCUT2D eigenvalue weighted by molar-refractivity contribution is 0.0265. The lowest BCUT2D eigenvalue weighted by atomic mass is 10.1. The monoisotopic (exact) mass is 270 g/mol. The summed E-state index contributed by atoms with van der Waals surface area (Å²) in [6.45, 7) is 1.95. The Labute approximate surface area is 96.2 Å². The summed E-state index contributed by atoms with van der Waals surface area (Å²) in [5.41, 5.74) is 0.451. The van der Waals surface area contributed by atoms with Crippen molar-refractivity contribution in [3.63, 3.8) is 0 Å². The predicted octanol–water partition coefficient (Wildman–Crippen LogP) is 1.02. The number of carbonyl (C=O) groups is 1. The van der Waals surface area contributed by atoms with Gasteiger partial charge in [-0.3, -0.25) is 9.78 Å². The Morgan fingerprint density at radius 1 is 1.60 bits per heavy atom. The minimum absolute atomic E-state index is 0.0605. The highest BCUT2D eigenvalue weighted by Crippen LogP contribution is 2.10. The van der Waals surface area contributed by atoms with Crippen LogP contribution in [0.5, 0.6) is 0 Å². The minimum atomic E-state index is -0.396. The van der Waals surface area contributed by atoms with Gasteiger partial charge in [0.05, 0.1) is 6.61 Å². The number of halogens is 1. The van der Waals surface area contributed by atoms with Crippen LogP contribution in [-0.4, -0.2) is 36.6 Å². The lowest BCUT2D eigenvalue weighted by Gasteiger charge is -2.21. The molecule has 1 unspecified atom stereocenters. The van der Waals surface area contributed by atoms with Crippen molar-refractivity contribution in [3.05, 3.63) is 28.5 Å². The van der Waals surface area contributed by atoms with Crippen LogP contribution in [0.1, 0.15) is 10.5 Å². The highest BCUT2D eigenvalue weighted by molar-refractivity contribution is 9.10. The van der Waals surface area contributed by atoms with Crippen molar-refractivity contribution < 1.29 is 9.53 Å². The maximum atomic E-state index is 11.9. The first kappa shape index (κ1) is 10.7. The largest absolute Gasteiger partial charge is 0.367 e. The Morgan fingerprint density at radius 2 is 2.47 bits per heavy atom. The number of hydrogen-bond donors (Lipinski definition) is 1. The molecule has 1 N–H and O–H groups in total. The average Bonchev–Trinajstić information content (AvgIpc) is 2.30. The summed E-state index contributed by atoms with van der Waals surface area (Å²) in [6.07, 6.45) is 1.22. The molecule has 2 heterocycles. The fourth-order valence-corrected chi connectivity index (χ4v) is 1.65. The molecule has 1 saturated heterocycles. The fraction of sp³-hybridized carbons (Fsp3) is 0.400. The number of morpholine rings is 1. The molecule has 1 aliphatic heterocycles. The molecular weight excluding hydrogens is 260 g/mol. The smallest absolute Gasteiger partial charge is 0.211 e. The summed E-state index contributed by atoms with van der Waals surface area (Å²) in [7, 11) is 0. The van der Waals surface area contributed by atoms with Crippen molar-refractivity contribution in [3.8, 4) is 0 Å². The molecule has 5 heteroatoms. The van der Waals surface area contributed by atoms with E-state index in [1.165, 1.54) is 0 Å². The number of aromatic nitrogens is 1. The van der Waals surface area contributed by atoms with Crippen molar-refractivity contribution in [1.29, 1.82) is 0 Å². The number of nitrogens with zero attached hydrogens (tertiary/aromatic N) is 1. The first-order valence-electron chi connectivity index (χ1n) is 4.75. The van der Waals surface area contributed by atoms with Gasteiger partial charge in [0, 0.05) is 23.8 Å².